The molecule has 1 amide bonds. The first-order chi connectivity index (χ1) is 7.84. The van der Waals surface area contributed by atoms with Gasteiger partial charge in [0.1, 0.15) is 0 Å². The fourth-order valence-corrected chi connectivity index (χ4v) is 2.29. The highest BCUT2D eigenvalue weighted by Gasteiger charge is 2.18. The van der Waals surface area contributed by atoms with Crippen molar-refractivity contribution in [3.8, 4) is 0 Å². The first-order valence-corrected chi connectivity index (χ1v) is 6.86. The zero-order chi connectivity index (χ0) is 11.6. The molecule has 1 aliphatic carbocycles. The number of allylic oxidation sites excluding steroid dienone is 1. The van der Waals surface area contributed by atoms with Gasteiger partial charge in [-0.1, -0.05) is 44.3 Å². The second-order valence-corrected chi connectivity index (χ2v) is 4.72. The van der Waals surface area contributed by atoms with Crippen LogP contribution < -0.4 is 5.32 Å². The predicted octanol–water partition coefficient (Wildman–Crippen LogP) is 3.26. The molecule has 0 heterocycles. The molecule has 0 bridgehead atoms. The molecule has 2 nitrogen and oxygen atoms in total. The monoisotopic (exact) mass is 243 g/mol. The van der Waals surface area contributed by atoms with Crippen LogP contribution in [0.15, 0.2) is 12.2 Å². The smallest absolute Gasteiger partial charge is 0.223 e. The predicted molar refractivity (Wildman–Crippen MR) is 68.7 cm³/mol. The molecule has 1 saturated carbocycles. The van der Waals surface area contributed by atoms with E-state index in [1.54, 1.807) is 0 Å². The van der Waals surface area contributed by atoms with Crippen LogP contribution in [0.25, 0.3) is 0 Å². The first kappa shape index (κ1) is 13.6. The van der Waals surface area contributed by atoms with E-state index in [1.165, 1.54) is 32.1 Å². The summed E-state index contributed by atoms with van der Waals surface area (Å²) in [5.74, 6) is 0.977. The third-order valence-electron chi connectivity index (χ3n) is 3.13. The van der Waals surface area contributed by atoms with Gasteiger partial charge in [-0.3, -0.25) is 4.79 Å². The van der Waals surface area contributed by atoms with Crippen molar-refractivity contribution < 1.29 is 4.79 Å². The minimum absolute atomic E-state index is 0.223. The molecule has 92 valence electrons. The number of nitrogens with one attached hydrogen (secondary N) is 1. The van der Waals surface area contributed by atoms with Crippen molar-refractivity contribution in [2.45, 2.75) is 44.9 Å². The Kier molecular flexibility index (Phi) is 7.32. The van der Waals surface area contributed by atoms with Crippen LogP contribution >= 0.6 is 11.6 Å². The van der Waals surface area contributed by atoms with Gasteiger partial charge in [-0.15, -0.1) is 11.6 Å². The van der Waals surface area contributed by atoms with E-state index in [0.717, 1.165) is 12.8 Å². The number of halogens is 1. The highest BCUT2D eigenvalue weighted by atomic mass is 35.5. The van der Waals surface area contributed by atoms with Gasteiger partial charge in [-0.25, -0.2) is 0 Å². The fourth-order valence-electron chi connectivity index (χ4n) is 2.17. The van der Waals surface area contributed by atoms with E-state index in [0.29, 0.717) is 12.4 Å². The van der Waals surface area contributed by atoms with Crippen molar-refractivity contribution in [2.24, 2.45) is 5.92 Å². The standard InChI is InChI=1S/C13H22ClNO/c14-10-6-7-11-15-13(16)12-8-4-2-1-3-5-9-12/h6-7,12H,1-5,8-11H2,(H,15,16)/b7-6+. The molecule has 1 fully saturated rings. The van der Waals surface area contributed by atoms with Crippen LogP contribution in [-0.4, -0.2) is 18.3 Å². The normalized spacial score (nSPS) is 19.3. The lowest BCUT2D eigenvalue weighted by atomic mass is 9.90. The maximum absolute atomic E-state index is 11.8. The number of hydrogen-bond donors (Lipinski definition) is 1. The Balaban J connectivity index is 2.24. The average molecular weight is 244 g/mol. The number of carbonyl (C=O) groups excluding carboxylic acids is 1. The van der Waals surface area contributed by atoms with Gasteiger partial charge in [0, 0.05) is 18.3 Å². The maximum atomic E-state index is 11.8. The van der Waals surface area contributed by atoms with Gasteiger partial charge in [-0.05, 0) is 12.8 Å². The molecule has 0 aromatic carbocycles. The Morgan fingerprint density at radius 1 is 1.12 bits per heavy atom. The van der Waals surface area contributed by atoms with E-state index in [4.69, 9.17) is 11.6 Å². The molecule has 0 aromatic rings. The van der Waals surface area contributed by atoms with Crippen LogP contribution in [0.1, 0.15) is 44.9 Å². The number of alkyl halides is 1. The fraction of sp³-hybridized carbons (Fsp3) is 0.769. The largest absolute Gasteiger partial charge is 0.352 e. The number of rotatable bonds is 4. The van der Waals surface area contributed by atoms with Gasteiger partial charge in [0.15, 0.2) is 0 Å². The molecule has 0 saturated heterocycles. The summed E-state index contributed by atoms with van der Waals surface area (Å²) in [5.41, 5.74) is 0. The van der Waals surface area contributed by atoms with Gasteiger partial charge >= 0.3 is 0 Å². The van der Waals surface area contributed by atoms with Crippen LogP contribution in [0.3, 0.4) is 0 Å². The minimum atomic E-state index is 0.223. The Morgan fingerprint density at radius 2 is 1.75 bits per heavy atom. The molecule has 16 heavy (non-hydrogen) atoms. The van der Waals surface area contributed by atoms with E-state index in [-0.39, 0.29) is 11.8 Å². The number of carbonyl (C=O) groups is 1. The molecule has 0 unspecified atom stereocenters. The molecule has 0 atom stereocenters. The molecule has 0 aromatic heterocycles. The molecule has 1 rings (SSSR count). The number of hydrogen-bond acceptors (Lipinski definition) is 1. The van der Waals surface area contributed by atoms with Crippen LogP contribution in [-0.2, 0) is 4.79 Å². The number of amides is 1. The highest BCUT2D eigenvalue weighted by Crippen LogP contribution is 2.22. The van der Waals surface area contributed by atoms with E-state index in [9.17, 15) is 4.79 Å². The summed E-state index contributed by atoms with van der Waals surface area (Å²) in [6.45, 7) is 0.613. The zero-order valence-electron chi connectivity index (χ0n) is 9.88. The van der Waals surface area contributed by atoms with Gasteiger partial charge in [-0.2, -0.15) is 0 Å². The second-order valence-electron chi connectivity index (χ2n) is 4.41. The Morgan fingerprint density at radius 3 is 2.38 bits per heavy atom. The van der Waals surface area contributed by atoms with Gasteiger partial charge in [0.05, 0.1) is 0 Å². The van der Waals surface area contributed by atoms with Crippen LogP contribution in [0.4, 0.5) is 0 Å². The second kappa shape index (κ2) is 8.63. The Bertz CT molecular complexity index is 220. The van der Waals surface area contributed by atoms with Crippen LogP contribution in [0.5, 0.6) is 0 Å². The summed E-state index contributed by atoms with van der Waals surface area (Å²) in [6.07, 6.45) is 12.2. The van der Waals surface area contributed by atoms with Gasteiger partial charge < -0.3 is 5.32 Å². The first-order valence-electron chi connectivity index (χ1n) is 6.33. The lowest BCUT2D eigenvalue weighted by molar-refractivity contribution is -0.125. The molecule has 0 aliphatic heterocycles. The van der Waals surface area contributed by atoms with Crippen molar-refractivity contribution in [1.82, 2.24) is 5.32 Å². The Labute approximate surface area is 103 Å². The molecule has 1 aliphatic rings. The van der Waals surface area contributed by atoms with E-state index in [2.05, 4.69) is 5.32 Å². The Hall–Kier alpha value is -0.500. The van der Waals surface area contributed by atoms with Crippen molar-refractivity contribution in [3.63, 3.8) is 0 Å². The van der Waals surface area contributed by atoms with Crippen molar-refractivity contribution >= 4 is 17.5 Å². The van der Waals surface area contributed by atoms with Crippen molar-refractivity contribution in [3.05, 3.63) is 12.2 Å². The lowest BCUT2D eigenvalue weighted by Gasteiger charge is -2.18. The van der Waals surface area contributed by atoms with E-state index in [1.807, 2.05) is 12.2 Å². The van der Waals surface area contributed by atoms with E-state index >= 15 is 0 Å². The lowest BCUT2D eigenvalue weighted by Crippen LogP contribution is -2.31. The molecule has 3 heteroatoms. The summed E-state index contributed by atoms with van der Waals surface area (Å²) < 4.78 is 0. The van der Waals surface area contributed by atoms with Gasteiger partial charge in [0.2, 0.25) is 5.91 Å². The van der Waals surface area contributed by atoms with Crippen molar-refractivity contribution in [1.29, 1.82) is 0 Å². The summed E-state index contributed by atoms with van der Waals surface area (Å²) in [6, 6.07) is 0. The van der Waals surface area contributed by atoms with E-state index < -0.39 is 0 Å². The molecular formula is C13H22ClNO. The van der Waals surface area contributed by atoms with Crippen molar-refractivity contribution in [2.75, 3.05) is 12.4 Å². The summed E-state index contributed by atoms with van der Waals surface area (Å²) in [7, 11) is 0. The zero-order valence-corrected chi connectivity index (χ0v) is 10.6. The van der Waals surface area contributed by atoms with Crippen LogP contribution in [0, 0.1) is 5.92 Å². The molecular weight excluding hydrogens is 222 g/mol. The average Bonchev–Trinajstić information content (AvgIpc) is 2.23. The summed E-state index contributed by atoms with van der Waals surface area (Å²) >= 11 is 5.51. The molecule has 1 N–H and O–H groups in total. The van der Waals surface area contributed by atoms with Crippen LogP contribution in [0.2, 0.25) is 0 Å². The summed E-state index contributed by atoms with van der Waals surface area (Å²) in [5, 5.41) is 2.95. The SMILES string of the molecule is O=C(NC/C=C/CCl)C1CCCCCCC1. The van der Waals surface area contributed by atoms with Gasteiger partial charge in [0.25, 0.3) is 0 Å². The third kappa shape index (κ3) is 5.55. The highest BCUT2D eigenvalue weighted by molar-refractivity contribution is 6.18. The third-order valence-corrected chi connectivity index (χ3v) is 3.30. The minimum Gasteiger partial charge on any atom is -0.352 e. The quantitative estimate of drug-likeness (QED) is 0.596. The molecule has 0 spiro atoms. The topological polar surface area (TPSA) is 29.1 Å². The molecule has 0 radical (unpaired) electrons. The summed E-state index contributed by atoms with van der Waals surface area (Å²) in [4.78, 5) is 11.8. The maximum Gasteiger partial charge on any atom is 0.223 e.